The van der Waals surface area contributed by atoms with Gasteiger partial charge in [0.15, 0.2) is 0 Å². The molecule has 1 aromatic heterocycles. The van der Waals surface area contributed by atoms with Crippen LogP contribution in [0.4, 0.5) is 5.69 Å². The Morgan fingerprint density at radius 3 is 2.96 bits per heavy atom. The van der Waals surface area contributed by atoms with Gasteiger partial charge in [0.2, 0.25) is 5.91 Å². The maximum atomic E-state index is 13.0. The fraction of sp³-hybridized carbons (Fsp3) is 0.316. The summed E-state index contributed by atoms with van der Waals surface area (Å²) in [4.78, 5) is 30.5. The van der Waals surface area contributed by atoms with Crippen LogP contribution in [0.2, 0.25) is 5.02 Å². The molecular formula is C19H18ClN3O2. The lowest BCUT2D eigenvalue weighted by atomic mass is 9.98. The highest BCUT2D eigenvalue weighted by Crippen LogP contribution is 2.38. The number of anilines is 1. The number of nitrogens with zero attached hydrogens (tertiary/aromatic N) is 2. The molecule has 0 spiro atoms. The van der Waals surface area contributed by atoms with Gasteiger partial charge in [-0.25, -0.2) is 0 Å². The molecular weight excluding hydrogens is 338 g/mol. The molecule has 0 unspecified atom stereocenters. The van der Waals surface area contributed by atoms with Crippen LogP contribution in [0.15, 0.2) is 30.6 Å². The van der Waals surface area contributed by atoms with Crippen molar-refractivity contribution in [1.82, 2.24) is 10.3 Å². The Bertz CT molecular complexity index is 881. The number of carbonyl (C=O) groups excluding carboxylic acids is 2. The van der Waals surface area contributed by atoms with Crippen molar-refractivity contribution in [3.63, 3.8) is 0 Å². The van der Waals surface area contributed by atoms with Gasteiger partial charge in [-0.15, -0.1) is 0 Å². The van der Waals surface area contributed by atoms with Gasteiger partial charge in [-0.1, -0.05) is 11.6 Å². The van der Waals surface area contributed by atoms with Gasteiger partial charge in [0.05, 0.1) is 17.9 Å². The van der Waals surface area contributed by atoms with Gasteiger partial charge in [0.25, 0.3) is 5.91 Å². The Morgan fingerprint density at radius 2 is 2.16 bits per heavy atom. The summed E-state index contributed by atoms with van der Waals surface area (Å²) < 4.78 is 0. The summed E-state index contributed by atoms with van der Waals surface area (Å²) in [5.41, 5.74) is 4.67. The maximum Gasteiger partial charge on any atom is 0.258 e. The molecule has 1 aliphatic heterocycles. The first-order chi connectivity index (χ1) is 12.0. The van der Waals surface area contributed by atoms with Crippen LogP contribution in [0.5, 0.6) is 0 Å². The first-order valence-electron chi connectivity index (χ1n) is 8.39. The molecule has 1 atom stereocenters. The van der Waals surface area contributed by atoms with Crippen LogP contribution >= 0.6 is 11.6 Å². The highest BCUT2D eigenvalue weighted by atomic mass is 35.5. The molecule has 2 aromatic rings. The van der Waals surface area contributed by atoms with Crippen molar-refractivity contribution in [2.24, 2.45) is 0 Å². The van der Waals surface area contributed by atoms with Crippen LogP contribution in [0, 0.1) is 0 Å². The summed E-state index contributed by atoms with van der Waals surface area (Å²) in [7, 11) is 0. The molecule has 2 heterocycles. The predicted octanol–water partition coefficient (Wildman–Crippen LogP) is 3.06. The monoisotopic (exact) mass is 355 g/mol. The Kier molecular flexibility index (Phi) is 3.96. The number of halogens is 1. The van der Waals surface area contributed by atoms with E-state index in [1.165, 1.54) is 6.92 Å². The lowest BCUT2D eigenvalue weighted by Gasteiger charge is -2.30. The molecule has 0 saturated carbocycles. The van der Waals surface area contributed by atoms with Gasteiger partial charge in [-0.3, -0.25) is 14.6 Å². The van der Waals surface area contributed by atoms with E-state index in [1.807, 2.05) is 6.07 Å². The van der Waals surface area contributed by atoms with Crippen molar-refractivity contribution in [3.8, 4) is 0 Å². The van der Waals surface area contributed by atoms with E-state index in [1.54, 1.807) is 29.4 Å². The maximum absolute atomic E-state index is 13.0. The second kappa shape index (κ2) is 6.15. The number of aromatic nitrogens is 1. The van der Waals surface area contributed by atoms with E-state index in [9.17, 15) is 9.59 Å². The van der Waals surface area contributed by atoms with E-state index in [0.29, 0.717) is 17.1 Å². The third-order valence-electron chi connectivity index (χ3n) is 4.94. The van der Waals surface area contributed by atoms with E-state index >= 15 is 0 Å². The smallest absolute Gasteiger partial charge is 0.258 e. The Balaban J connectivity index is 1.70. The van der Waals surface area contributed by atoms with Crippen molar-refractivity contribution < 1.29 is 9.59 Å². The van der Waals surface area contributed by atoms with Crippen LogP contribution in [-0.2, 0) is 17.6 Å². The van der Waals surface area contributed by atoms with Gasteiger partial charge in [-0.05, 0) is 54.2 Å². The molecule has 0 saturated heterocycles. The van der Waals surface area contributed by atoms with Gasteiger partial charge in [0, 0.05) is 30.3 Å². The molecule has 1 aromatic carbocycles. The topological polar surface area (TPSA) is 62.3 Å². The molecule has 0 bridgehead atoms. The number of carbonyl (C=O) groups is 2. The molecule has 128 valence electrons. The summed E-state index contributed by atoms with van der Waals surface area (Å²) in [6.07, 6.45) is 5.99. The average molecular weight is 356 g/mol. The zero-order valence-electron chi connectivity index (χ0n) is 13.9. The molecule has 0 radical (unpaired) electrons. The van der Waals surface area contributed by atoms with Crippen molar-refractivity contribution in [3.05, 3.63) is 57.9 Å². The summed E-state index contributed by atoms with van der Waals surface area (Å²) in [5, 5.41) is 3.62. The predicted molar refractivity (Wildman–Crippen MR) is 95.9 cm³/mol. The molecule has 2 amide bonds. The quantitative estimate of drug-likeness (QED) is 0.900. The zero-order chi connectivity index (χ0) is 17.6. The minimum atomic E-state index is -0.0527. The van der Waals surface area contributed by atoms with Crippen molar-refractivity contribution in [1.29, 1.82) is 0 Å². The van der Waals surface area contributed by atoms with E-state index < -0.39 is 0 Å². The number of hydrogen-bond donors (Lipinski definition) is 1. The third kappa shape index (κ3) is 2.78. The average Bonchev–Trinajstić information content (AvgIpc) is 2.98. The Morgan fingerprint density at radius 1 is 1.32 bits per heavy atom. The first-order valence-corrected chi connectivity index (χ1v) is 8.76. The molecule has 5 nitrogen and oxygen atoms in total. The highest BCUT2D eigenvalue weighted by molar-refractivity contribution is 6.30. The minimum Gasteiger partial charge on any atom is -0.349 e. The molecule has 1 N–H and O–H groups in total. The first kappa shape index (κ1) is 16.1. The number of benzene rings is 1. The number of amides is 2. The largest absolute Gasteiger partial charge is 0.349 e. The fourth-order valence-corrected chi connectivity index (χ4v) is 4.02. The van der Waals surface area contributed by atoms with Crippen LogP contribution in [0.1, 0.15) is 46.4 Å². The lowest BCUT2D eigenvalue weighted by molar-refractivity contribution is -0.119. The molecule has 25 heavy (non-hydrogen) atoms. The zero-order valence-corrected chi connectivity index (χ0v) is 14.6. The summed E-state index contributed by atoms with van der Waals surface area (Å²) in [6.45, 7) is 2.13. The van der Waals surface area contributed by atoms with Gasteiger partial charge < -0.3 is 10.2 Å². The normalized spacial score (nSPS) is 18.7. The van der Waals surface area contributed by atoms with Crippen molar-refractivity contribution in [2.45, 2.75) is 32.2 Å². The van der Waals surface area contributed by atoms with E-state index in [-0.39, 0.29) is 17.9 Å². The number of fused-ring (bicyclic) bond motifs is 2. The Hall–Kier alpha value is -2.40. The molecule has 0 fully saturated rings. The summed E-state index contributed by atoms with van der Waals surface area (Å²) in [6, 6.07) is 5.39. The van der Waals surface area contributed by atoms with Crippen molar-refractivity contribution in [2.75, 3.05) is 11.4 Å². The van der Waals surface area contributed by atoms with E-state index in [4.69, 9.17) is 11.6 Å². The summed E-state index contributed by atoms with van der Waals surface area (Å²) >= 11 is 6.04. The molecule has 6 heteroatoms. The third-order valence-corrected chi connectivity index (χ3v) is 5.18. The van der Waals surface area contributed by atoms with Crippen molar-refractivity contribution >= 4 is 29.1 Å². The number of nitrogens with one attached hydrogen (secondary N) is 1. The standard InChI is InChI=1S/C19H18ClN3O2/c1-11(24)22-17-5-4-15-16(17)9-21-10-18(15)23-7-6-12-8-13(20)2-3-14(12)19(23)25/h2-3,8-10,17H,4-7H2,1H3,(H,22,24)/t17-/m0/s1. The summed E-state index contributed by atoms with van der Waals surface area (Å²) in [5.74, 6) is -0.0702. The van der Waals surface area contributed by atoms with Crippen LogP contribution < -0.4 is 10.2 Å². The minimum absolute atomic E-state index is 0.0175. The second-order valence-corrected chi connectivity index (χ2v) is 6.96. The lowest BCUT2D eigenvalue weighted by Crippen LogP contribution is -2.38. The van der Waals surface area contributed by atoms with Crippen LogP contribution in [0.3, 0.4) is 0 Å². The SMILES string of the molecule is CC(=O)N[C@H]1CCc2c1cncc2N1CCc2cc(Cl)ccc2C1=O. The number of rotatable bonds is 2. The van der Waals surface area contributed by atoms with E-state index in [0.717, 1.165) is 41.6 Å². The highest BCUT2D eigenvalue weighted by Gasteiger charge is 2.32. The number of pyridine rings is 1. The van der Waals surface area contributed by atoms with Crippen LogP contribution in [0.25, 0.3) is 0 Å². The number of hydrogen-bond acceptors (Lipinski definition) is 3. The Labute approximate surface area is 151 Å². The van der Waals surface area contributed by atoms with Crippen LogP contribution in [-0.4, -0.2) is 23.3 Å². The van der Waals surface area contributed by atoms with Gasteiger partial charge in [0.1, 0.15) is 0 Å². The van der Waals surface area contributed by atoms with Gasteiger partial charge >= 0.3 is 0 Å². The second-order valence-electron chi connectivity index (χ2n) is 6.53. The molecule has 2 aliphatic rings. The molecule has 1 aliphatic carbocycles. The van der Waals surface area contributed by atoms with E-state index in [2.05, 4.69) is 10.3 Å². The molecule has 4 rings (SSSR count). The van der Waals surface area contributed by atoms with Gasteiger partial charge in [-0.2, -0.15) is 0 Å². The fourth-order valence-electron chi connectivity index (χ4n) is 3.82.